The summed E-state index contributed by atoms with van der Waals surface area (Å²) in [6, 6.07) is 13.2. The molecule has 2 atom stereocenters. The topological polar surface area (TPSA) is 40.6 Å². The standard InChI is InChI=1S/C18H23NO3/c1-4-14(2)21-16-8-10-17(11-9-16)22-15(3)13-20-18-7-5-6-12-19-18/h5-12,14-15H,4,13H2,1-3H3. The molecule has 1 aromatic carbocycles. The fourth-order valence-electron chi connectivity index (χ4n) is 1.81. The molecule has 1 aromatic heterocycles. The molecule has 2 rings (SSSR count). The molecule has 0 amide bonds. The molecule has 2 aromatic rings. The highest BCUT2D eigenvalue weighted by Crippen LogP contribution is 2.20. The molecule has 0 spiro atoms. The lowest BCUT2D eigenvalue weighted by molar-refractivity contribution is 0.139. The van der Waals surface area contributed by atoms with Crippen molar-refractivity contribution >= 4 is 0 Å². The van der Waals surface area contributed by atoms with E-state index in [0.717, 1.165) is 17.9 Å². The molecule has 0 aliphatic rings. The maximum absolute atomic E-state index is 5.81. The first-order valence-electron chi connectivity index (χ1n) is 7.64. The molecule has 1 heterocycles. The summed E-state index contributed by atoms with van der Waals surface area (Å²) < 4.78 is 17.1. The number of hydrogen-bond acceptors (Lipinski definition) is 4. The normalized spacial score (nSPS) is 13.2. The van der Waals surface area contributed by atoms with Gasteiger partial charge in [-0.3, -0.25) is 0 Å². The van der Waals surface area contributed by atoms with Crippen molar-refractivity contribution in [1.29, 1.82) is 0 Å². The van der Waals surface area contributed by atoms with Crippen LogP contribution in [0.25, 0.3) is 0 Å². The second-order valence-corrected chi connectivity index (χ2v) is 5.22. The van der Waals surface area contributed by atoms with E-state index in [0.29, 0.717) is 12.5 Å². The number of ether oxygens (including phenoxy) is 3. The van der Waals surface area contributed by atoms with Crippen LogP contribution in [0.2, 0.25) is 0 Å². The smallest absolute Gasteiger partial charge is 0.213 e. The predicted molar refractivity (Wildman–Crippen MR) is 86.6 cm³/mol. The number of hydrogen-bond donors (Lipinski definition) is 0. The van der Waals surface area contributed by atoms with Crippen LogP contribution < -0.4 is 14.2 Å². The molecule has 22 heavy (non-hydrogen) atoms. The summed E-state index contributed by atoms with van der Waals surface area (Å²) >= 11 is 0. The summed E-state index contributed by atoms with van der Waals surface area (Å²) in [5.41, 5.74) is 0. The van der Waals surface area contributed by atoms with Gasteiger partial charge in [0.05, 0.1) is 6.10 Å². The fourth-order valence-corrected chi connectivity index (χ4v) is 1.81. The minimum absolute atomic E-state index is 0.0664. The molecule has 4 nitrogen and oxygen atoms in total. The highest BCUT2D eigenvalue weighted by atomic mass is 16.5. The highest BCUT2D eigenvalue weighted by Gasteiger charge is 2.07. The van der Waals surface area contributed by atoms with Crippen molar-refractivity contribution in [3.8, 4) is 17.4 Å². The van der Waals surface area contributed by atoms with Gasteiger partial charge in [-0.25, -0.2) is 4.98 Å². The Kier molecular flexibility index (Phi) is 6.07. The monoisotopic (exact) mass is 301 g/mol. The van der Waals surface area contributed by atoms with Crippen LogP contribution in [0.5, 0.6) is 17.4 Å². The first-order valence-corrected chi connectivity index (χ1v) is 7.64. The SMILES string of the molecule is CCC(C)Oc1ccc(OC(C)COc2ccccn2)cc1. The Bertz CT molecular complexity index is 542. The Morgan fingerprint density at radius 3 is 2.09 bits per heavy atom. The Morgan fingerprint density at radius 1 is 0.909 bits per heavy atom. The Labute approximate surface area is 132 Å². The molecule has 0 fully saturated rings. The molecule has 0 radical (unpaired) electrons. The van der Waals surface area contributed by atoms with Gasteiger partial charge in [0.1, 0.15) is 24.2 Å². The number of aromatic nitrogens is 1. The lowest BCUT2D eigenvalue weighted by atomic mass is 10.3. The average molecular weight is 301 g/mol. The van der Waals surface area contributed by atoms with Gasteiger partial charge in [0.25, 0.3) is 0 Å². The molecule has 0 saturated heterocycles. The molecule has 2 unspecified atom stereocenters. The molecular weight excluding hydrogens is 278 g/mol. The zero-order chi connectivity index (χ0) is 15.8. The van der Waals surface area contributed by atoms with Gasteiger partial charge < -0.3 is 14.2 Å². The van der Waals surface area contributed by atoms with E-state index in [1.165, 1.54) is 0 Å². The minimum Gasteiger partial charge on any atom is -0.491 e. The van der Waals surface area contributed by atoms with Gasteiger partial charge in [0, 0.05) is 12.3 Å². The largest absolute Gasteiger partial charge is 0.491 e. The van der Waals surface area contributed by atoms with E-state index in [1.54, 1.807) is 6.20 Å². The fraction of sp³-hybridized carbons (Fsp3) is 0.389. The third kappa shape index (κ3) is 5.28. The van der Waals surface area contributed by atoms with Crippen LogP contribution >= 0.6 is 0 Å². The van der Waals surface area contributed by atoms with E-state index in [-0.39, 0.29) is 12.2 Å². The summed E-state index contributed by atoms with van der Waals surface area (Å²) in [5, 5.41) is 0. The van der Waals surface area contributed by atoms with Crippen molar-refractivity contribution < 1.29 is 14.2 Å². The lowest BCUT2D eigenvalue weighted by Gasteiger charge is -2.16. The van der Waals surface area contributed by atoms with Gasteiger partial charge in [-0.2, -0.15) is 0 Å². The van der Waals surface area contributed by atoms with Gasteiger partial charge in [-0.15, -0.1) is 0 Å². The molecule has 0 aliphatic heterocycles. The number of rotatable bonds is 8. The molecule has 118 valence electrons. The summed E-state index contributed by atoms with van der Waals surface area (Å²) in [6.07, 6.45) is 2.85. The van der Waals surface area contributed by atoms with Crippen LogP contribution in [0.15, 0.2) is 48.7 Å². The van der Waals surface area contributed by atoms with Crippen LogP contribution in [0.3, 0.4) is 0 Å². The van der Waals surface area contributed by atoms with Crippen molar-refractivity contribution in [2.45, 2.75) is 39.4 Å². The lowest BCUT2D eigenvalue weighted by Crippen LogP contribution is -2.21. The van der Waals surface area contributed by atoms with Crippen molar-refractivity contribution in [1.82, 2.24) is 4.98 Å². The van der Waals surface area contributed by atoms with Gasteiger partial charge >= 0.3 is 0 Å². The van der Waals surface area contributed by atoms with E-state index in [1.807, 2.05) is 49.4 Å². The Balaban J connectivity index is 1.80. The molecule has 0 bridgehead atoms. The van der Waals surface area contributed by atoms with Gasteiger partial charge in [0.2, 0.25) is 5.88 Å². The Morgan fingerprint density at radius 2 is 1.55 bits per heavy atom. The summed E-state index contributed by atoms with van der Waals surface area (Å²) in [6.45, 7) is 6.57. The second kappa shape index (κ2) is 8.27. The molecular formula is C18H23NO3. The van der Waals surface area contributed by atoms with E-state index in [9.17, 15) is 0 Å². The van der Waals surface area contributed by atoms with Gasteiger partial charge in [0.15, 0.2) is 0 Å². The van der Waals surface area contributed by atoms with Crippen molar-refractivity contribution in [3.63, 3.8) is 0 Å². The summed E-state index contributed by atoms with van der Waals surface area (Å²) in [5.74, 6) is 2.27. The maximum Gasteiger partial charge on any atom is 0.213 e. The minimum atomic E-state index is -0.0664. The molecule has 0 N–H and O–H groups in total. The first-order chi connectivity index (χ1) is 10.7. The molecule has 0 aliphatic carbocycles. The van der Waals surface area contributed by atoms with Crippen LogP contribution in [0.4, 0.5) is 0 Å². The second-order valence-electron chi connectivity index (χ2n) is 5.22. The number of pyridine rings is 1. The van der Waals surface area contributed by atoms with Crippen LogP contribution in [0.1, 0.15) is 27.2 Å². The van der Waals surface area contributed by atoms with Crippen molar-refractivity contribution in [2.24, 2.45) is 0 Å². The first kappa shape index (κ1) is 16.1. The van der Waals surface area contributed by atoms with E-state index in [2.05, 4.69) is 18.8 Å². The van der Waals surface area contributed by atoms with Crippen molar-refractivity contribution in [2.75, 3.05) is 6.61 Å². The predicted octanol–water partition coefficient (Wildman–Crippen LogP) is 4.11. The third-order valence-corrected chi connectivity index (χ3v) is 3.18. The van der Waals surface area contributed by atoms with Gasteiger partial charge in [-0.05, 0) is 50.6 Å². The number of benzene rings is 1. The maximum atomic E-state index is 5.81. The van der Waals surface area contributed by atoms with Gasteiger partial charge in [-0.1, -0.05) is 13.0 Å². The third-order valence-electron chi connectivity index (χ3n) is 3.18. The quantitative estimate of drug-likeness (QED) is 0.736. The van der Waals surface area contributed by atoms with E-state index in [4.69, 9.17) is 14.2 Å². The molecule has 4 heteroatoms. The average Bonchev–Trinajstić information content (AvgIpc) is 2.55. The summed E-state index contributed by atoms with van der Waals surface area (Å²) in [4.78, 5) is 4.11. The van der Waals surface area contributed by atoms with E-state index < -0.39 is 0 Å². The zero-order valence-electron chi connectivity index (χ0n) is 13.4. The van der Waals surface area contributed by atoms with Crippen LogP contribution in [-0.2, 0) is 0 Å². The molecule has 0 saturated carbocycles. The Hall–Kier alpha value is -2.23. The number of nitrogens with zero attached hydrogens (tertiary/aromatic N) is 1. The highest BCUT2D eigenvalue weighted by molar-refractivity contribution is 5.31. The van der Waals surface area contributed by atoms with E-state index >= 15 is 0 Å². The van der Waals surface area contributed by atoms with Crippen LogP contribution in [-0.4, -0.2) is 23.8 Å². The van der Waals surface area contributed by atoms with Crippen LogP contribution in [0, 0.1) is 0 Å². The van der Waals surface area contributed by atoms with Crippen molar-refractivity contribution in [3.05, 3.63) is 48.7 Å². The zero-order valence-corrected chi connectivity index (χ0v) is 13.4. The summed E-state index contributed by atoms with van der Waals surface area (Å²) in [7, 11) is 0.